The second kappa shape index (κ2) is 9.96. The van der Waals surface area contributed by atoms with Crippen LogP contribution in [0.2, 0.25) is 4.34 Å². The summed E-state index contributed by atoms with van der Waals surface area (Å²) in [6, 6.07) is 13.1. The molecule has 1 aromatic heterocycles. The normalized spacial score (nSPS) is 19.0. The number of amides is 1. The van der Waals surface area contributed by atoms with Crippen molar-refractivity contribution in [3.8, 4) is 11.1 Å². The van der Waals surface area contributed by atoms with Crippen molar-refractivity contribution in [1.29, 1.82) is 0 Å². The van der Waals surface area contributed by atoms with Gasteiger partial charge in [-0.2, -0.15) is 13.2 Å². The van der Waals surface area contributed by atoms with Crippen LogP contribution in [0.4, 0.5) is 22.0 Å². The summed E-state index contributed by atoms with van der Waals surface area (Å²) < 4.78 is 81.1. The van der Waals surface area contributed by atoms with Gasteiger partial charge in [-0.25, -0.2) is 17.3 Å². The van der Waals surface area contributed by atoms with Crippen LogP contribution in [0.5, 0.6) is 0 Å². The van der Waals surface area contributed by atoms with Gasteiger partial charge in [0.15, 0.2) is 0 Å². The third kappa shape index (κ3) is 6.08. The number of benzene rings is 2. The first-order valence-electron chi connectivity index (χ1n) is 10.3. The van der Waals surface area contributed by atoms with E-state index in [-0.39, 0.29) is 10.8 Å². The van der Waals surface area contributed by atoms with Crippen molar-refractivity contribution in [2.24, 2.45) is 0 Å². The van der Waals surface area contributed by atoms with E-state index in [1.807, 2.05) is 0 Å². The molecule has 0 bridgehead atoms. The van der Waals surface area contributed by atoms with Crippen LogP contribution in [-0.4, -0.2) is 32.9 Å². The molecule has 0 spiro atoms. The number of rotatable bonds is 6. The summed E-state index contributed by atoms with van der Waals surface area (Å²) in [6.45, 7) is -0.822. The molecule has 12 heteroatoms. The highest BCUT2D eigenvalue weighted by Gasteiger charge is 2.50. The molecule has 4 rings (SSSR count). The van der Waals surface area contributed by atoms with Crippen LogP contribution in [0.15, 0.2) is 64.9 Å². The largest absolute Gasteiger partial charge is 0.416 e. The van der Waals surface area contributed by atoms with Gasteiger partial charge >= 0.3 is 6.18 Å². The van der Waals surface area contributed by atoms with E-state index in [0.717, 1.165) is 27.8 Å². The molecule has 1 aliphatic rings. The highest BCUT2D eigenvalue weighted by atomic mass is 35.5. The van der Waals surface area contributed by atoms with Crippen LogP contribution in [0.25, 0.3) is 11.1 Å². The fourth-order valence-corrected chi connectivity index (χ4v) is 6.59. The minimum atomic E-state index is -4.44. The quantitative estimate of drug-likeness (QED) is 0.376. The Hall–Kier alpha value is -2.34. The van der Waals surface area contributed by atoms with Gasteiger partial charge in [0.25, 0.3) is 5.92 Å². The number of thiophene rings is 1. The molecule has 1 unspecified atom stereocenters. The second-order valence-electron chi connectivity index (χ2n) is 7.95. The lowest BCUT2D eigenvalue weighted by atomic mass is 10.0. The van der Waals surface area contributed by atoms with Gasteiger partial charge in [-0.1, -0.05) is 41.9 Å². The van der Waals surface area contributed by atoms with Crippen LogP contribution in [-0.2, 0) is 28.5 Å². The van der Waals surface area contributed by atoms with Gasteiger partial charge < -0.3 is 5.32 Å². The van der Waals surface area contributed by atoms with Crippen LogP contribution in [0.1, 0.15) is 17.5 Å². The third-order valence-corrected chi connectivity index (χ3v) is 8.40. The Labute approximate surface area is 209 Å². The number of carbonyl (C=O) groups excluding carboxylic acids is 1. The van der Waals surface area contributed by atoms with Crippen LogP contribution in [0, 0.1) is 0 Å². The maximum absolute atomic E-state index is 14.1. The van der Waals surface area contributed by atoms with E-state index in [0.29, 0.717) is 21.0 Å². The van der Waals surface area contributed by atoms with Gasteiger partial charge in [-0.3, -0.25) is 4.79 Å². The molecule has 35 heavy (non-hydrogen) atoms. The van der Waals surface area contributed by atoms with E-state index in [1.54, 1.807) is 24.3 Å². The molecular weight excluding hydrogens is 531 g/mol. The van der Waals surface area contributed by atoms with E-state index in [4.69, 9.17) is 11.6 Å². The molecule has 0 radical (unpaired) electrons. The van der Waals surface area contributed by atoms with E-state index in [2.05, 4.69) is 5.32 Å². The van der Waals surface area contributed by atoms with Crippen LogP contribution >= 0.6 is 22.9 Å². The summed E-state index contributed by atoms with van der Waals surface area (Å²) in [7, 11) is -1.97. The molecule has 1 N–H and O–H groups in total. The van der Waals surface area contributed by atoms with E-state index in [1.165, 1.54) is 24.3 Å². The smallest absolute Gasteiger partial charge is 0.351 e. The number of carbonyl (C=O) groups is 1. The average Bonchev–Trinajstić information content (AvgIpc) is 3.39. The summed E-state index contributed by atoms with van der Waals surface area (Å²) in [4.78, 5) is 12.8. The molecule has 186 valence electrons. The minimum absolute atomic E-state index is 0.000679. The minimum Gasteiger partial charge on any atom is -0.351 e. The van der Waals surface area contributed by atoms with Crippen LogP contribution in [0.3, 0.4) is 0 Å². The van der Waals surface area contributed by atoms with Gasteiger partial charge in [0.1, 0.15) is 21.2 Å². The maximum atomic E-state index is 14.1. The highest BCUT2D eigenvalue weighted by Crippen LogP contribution is 2.36. The topological polar surface area (TPSA) is 49.4 Å². The predicted octanol–water partition coefficient (Wildman–Crippen LogP) is 6.14. The van der Waals surface area contributed by atoms with Crippen molar-refractivity contribution >= 4 is 39.8 Å². The maximum Gasteiger partial charge on any atom is 0.416 e. The van der Waals surface area contributed by atoms with Gasteiger partial charge in [-0.15, -0.1) is 11.3 Å². The molecule has 2 atom stereocenters. The molecular formula is C23H18ClF5N2O2S2. The van der Waals surface area contributed by atoms with Crippen molar-refractivity contribution in [2.45, 2.75) is 35.3 Å². The first-order chi connectivity index (χ1) is 16.4. The summed E-state index contributed by atoms with van der Waals surface area (Å²) in [6.07, 6.45) is -5.20. The standard InChI is InChI=1S/C23H18ClF5N2O2S2/c24-19-8-9-20(34-19)35(33)31-13-22(25,26)11-18(31)21(32)30-12-14-2-1-3-16(10-14)15-4-6-17(7-5-15)23(27,28)29/h1-10,18H,11-13H2,(H,30,32)/t18-,35?/m0/s1. The van der Waals surface area contributed by atoms with E-state index in [9.17, 15) is 31.0 Å². The molecule has 0 saturated carbocycles. The summed E-state index contributed by atoms with van der Waals surface area (Å²) in [5.41, 5.74) is 1.05. The molecule has 0 aliphatic carbocycles. The molecule has 1 amide bonds. The van der Waals surface area contributed by atoms with Crippen molar-refractivity contribution in [2.75, 3.05) is 6.54 Å². The molecule has 1 fully saturated rings. The van der Waals surface area contributed by atoms with Crippen LogP contribution < -0.4 is 5.32 Å². The van der Waals surface area contributed by atoms with Gasteiger partial charge in [0.05, 0.1) is 16.4 Å². The fourth-order valence-electron chi connectivity index (χ4n) is 3.71. The van der Waals surface area contributed by atoms with Gasteiger partial charge in [0, 0.05) is 13.0 Å². The fraction of sp³-hybridized carbons (Fsp3) is 0.261. The Kier molecular flexibility index (Phi) is 7.33. The third-order valence-electron chi connectivity index (χ3n) is 5.40. The number of nitrogens with one attached hydrogen (secondary N) is 1. The zero-order valence-electron chi connectivity index (χ0n) is 17.8. The molecule has 4 nitrogen and oxygen atoms in total. The monoisotopic (exact) mass is 548 g/mol. The highest BCUT2D eigenvalue weighted by molar-refractivity contribution is 7.85. The van der Waals surface area contributed by atoms with Crippen molar-refractivity contribution < 1.29 is 31.0 Å². The second-order valence-corrected chi connectivity index (χ2v) is 11.3. The zero-order valence-corrected chi connectivity index (χ0v) is 20.2. The molecule has 2 aromatic carbocycles. The summed E-state index contributed by atoms with van der Waals surface area (Å²) >= 11 is 6.85. The zero-order chi connectivity index (χ0) is 25.4. The first kappa shape index (κ1) is 25.7. The number of hydrogen-bond donors (Lipinski definition) is 1. The van der Waals surface area contributed by atoms with Gasteiger partial charge in [0.2, 0.25) is 5.91 Å². The Bertz CT molecular complexity index is 1250. The van der Waals surface area contributed by atoms with Gasteiger partial charge in [-0.05, 0) is 47.0 Å². The Morgan fingerprint density at radius 2 is 1.83 bits per heavy atom. The Morgan fingerprint density at radius 1 is 1.11 bits per heavy atom. The predicted molar refractivity (Wildman–Crippen MR) is 125 cm³/mol. The lowest BCUT2D eigenvalue weighted by Gasteiger charge is -2.21. The summed E-state index contributed by atoms with van der Waals surface area (Å²) in [5, 5.41) is 2.61. The molecule has 1 aliphatic heterocycles. The molecule has 3 aromatic rings. The van der Waals surface area contributed by atoms with Crippen molar-refractivity contribution in [1.82, 2.24) is 9.62 Å². The number of nitrogens with zero attached hydrogens (tertiary/aromatic N) is 1. The Balaban J connectivity index is 1.45. The van der Waals surface area contributed by atoms with E-state index < -0.39 is 53.6 Å². The lowest BCUT2D eigenvalue weighted by molar-refractivity contribution is -0.137. The Morgan fingerprint density at radius 3 is 2.46 bits per heavy atom. The molecule has 1 saturated heterocycles. The summed E-state index contributed by atoms with van der Waals surface area (Å²) in [5.74, 6) is -3.88. The number of halogens is 6. The first-order valence-corrected chi connectivity index (χ1v) is 12.6. The number of hydrogen-bond acceptors (Lipinski definition) is 3. The number of alkyl halides is 5. The molecule has 2 heterocycles. The van der Waals surface area contributed by atoms with E-state index >= 15 is 0 Å². The lowest BCUT2D eigenvalue weighted by Crippen LogP contribution is -2.43. The van der Waals surface area contributed by atoms with Crippen molar-refractivity contribution in [3.63, 3.8) is 0 Å². The SMILES string of the molecule is O=C(NCc1cccc(-c2ccc(C(F)(F)F)cc2)c1)[C@@H]1CC(F)(F)CN1S(=O)c1ccc(Cl)s1. The van der Waals surface area contributed by atoms with Crippen molar-refractivity contribution in [3.05, 3.63) is 76.1 Å². The average molecular weight is 549 g/mol.